The van der Waals surface area contributed by atoms with Crippen LogP contribution in [0.4, 0.5) is 0 Å². The van der Waals surface area contributed by atoms with E-state index in [1.165, 1.54) is 5.56 Å². The largest absolute Gasteiger partial charge is 0.422 e. The second kappa shape index (κ2) is 7.08. The zero-order chi connectivity index (χ0) is 21.7. The predicted octanol–water partition coefficient (Wildman–Crippen LogP) is 6.17. The highest BCUT2D eigenvalue weighted by atomic mass is 16.5. The molecule has 0 spiro atoms. The van der Waals surface area contributed by atoms with Crippen molar-refractivity contribution in [3.8, 4) is 34.1 Å². The minimum atomic E-state index is -0.627. The van der Waals surface area contributed by atoms with Crippen molar-refractivity contribution in [3.63, 3.8) is 0 Å². The Morgan fingerprint density at radius 2 is 1.25 bits per heavy atom. The van der Waals surface area contributed by atoms with Gasteiger partial charge in [0.25, 0.3) is 0 Å². The van der Waals surface area contributed by atoms with Crippen LogP contribution in [0.1, 0.15) is 22.3 Å². The van der Waals surface area contributed by atoms with E-state index in [9.17, 15) is 10.1 Å². The third kappa shape index (κ3) is 2.64. The molecule has 0 N–H and O–H groups in total. The summed E-state index contributed by atoms with van der Waals surface area (Å²) in [5, 5.41) is 10.0. The number of rotatable bonds is 2. The van der Waals surface area contributed by atoms with Crippen LogP contribution in [0, 0.1) is 11.3 Å². The molecule has 0 amide bonds. The molecule has 32 heavy (non-hydrogen) atoms. The zero-order valence-corrected chi connectivity index (χ0v) is 17.1. The van der Waals surface area contributed by atoms with E-state index >= 15 is 0 Å². The molecular weight excluding hydrogens is 394 g/mol. The standard InChI is InChI=1S/C29H17NO2/c30-17-26(28-23-12-5-3-10-21(23)22-11-4-6-13-24(22)28)29(31)32-27-15-7-14-20-19-9-2-1-8-18(19)16-25(20)27/h1-15H,16H2. The van der Waals surface area contributed by atoms with Gasteiger partial charge in [0, 0.05) is 17.6 Å². The number of nitriles is 1. The smallest absolute Gasteiger partial charge is 0.354 e. The maximum Gasteiger partial charge on any atom is 0.354 e. The molecule has 0 fully saturated rings. The van der Waals surface area contributed by atoms with Crippen molar-refractivity contribution in [1.29, 1.82) is 5.26 Å². The Kier molecular flexibility index (Phi) is 4.06. The fourth-order valence-electron chi connectivity index (χ4n) is 4.86. The summed E-state index contributed by atoms with van der Waals surface area (Å²) >= 11 is 0. The SMILES string of the molecule is N#CC(C(=O)Oc1cccc2c1Cc1ccccc1-2)=C1c2ccccc2-c2ccccc21. The molecule has 0 bridgehead atoms. The third-order valence-electron chi connectivity index (χ3n) is 6.26. The van der Waals surface area contributed by atoms with Crippen molar-refractivity contribution >= 4 is 11.5 Å². The van der Waals surface area contributed by atoms with Gasteiger partial charge >= 0.3 is 5.97 Å². The van der Waals surface area contributed by atoms with E-state index in [1.807, 2.05) is 72.8 Å². The maximum absolute atomic E-state index is 13.3. The summed E-state index contributed by atoms with van der Waals surface area (Å²) in [4.78, 5) is 13.3. The minimum absolute atomic E-state index is 0.0236. The van der Waals surface area contributed by atoms with Gasteiger partial charge in [-0.2, -0.15) is 5.26 Å². The lowest BCUT2D eigenvalue weighted by molar-refractivity contribution is -0.129. The van der Waals surface area contributed by atoms with Crippen LogP contribution in [0.15, 0.2) is 96.6 Å². The minimum Gasteiger partial charge on any atom is -0.422 e. The molecule has 4 aromatic rings. The fraction of sp³-hybridized carbons (Fsp3) is 0.0345. The molecule has 0 saturated heterocycles. The molecule has 0 atom stereocenters. The van der Waals surface area contributed by atoms with Gasteiger partial charge in [-0.15, -0.1) is 0 Å². The van der Waals surface area contributed by atoms with Crippen LogP contribution < -0.4 is 4.74 Å². The summed E-state index contributed by atoms with van der Waals surface area (Å²) in [6, 6.07) is 31.8. The van der Waals surface area contributed by atoms with Crippen LogP contribution >= 0.6 is 0 Å². The Morgan fingerprint density at radius 1 is 0.688 bits per heavy atom. The lowest BCUT2D eigenvalue weighted by Crippen LogP contribution is -2.13. The molecule has 2 aliphatic carbocycles. The fourth-order valence-corrected chi connectivity index (χ4v) is 4.86. The first-order valence-corrected chi connectivity index (χ1v) is 10.5. The number of esters is 1. The van der Waals surface area contributed by atoms with Crippen LogP contribution in [-0.4, -0.2) is 5.97 Å². The molecule has 2 aliphatic rings. The van der Waals surface area contributed by atoms with Gasteiger partial charge in [-0.1, -0.05) is 84.9 Å². The maximum atomic E-state index is 13.3. The number of hydrogen-bond donors (Lipinski definition) is 0. The van der Waals surface area contributed by atoms with Crippen LogP contribution in [0.3, 0.4) is 0 Å². The summed E-state index contributed by atoms with van der Waals surface area (Å²) in [6.45, 7) is 0. The number of nitrogens with zero attached hydrogens (tertiary/aromatic N) is 1. The lowest BCUT2D eigenvalue weighted by atomic mass is 9.98. The van der Waals surface area contributed by atoms with E-state index in [1.54, 1.807) is 6.07 Å². The Bertz CT molecular complexity index is 1460. The summed E-state index contributed by atoms with van der Waals surface area (Å²) in [6.07, 6.45) is 0.707. The van der Waals surface area contributed by atoms with Gasteiger partial charge in [-0.25, -0.2) is 4.79 Å². The van der Waals surface area contributed by atoms with Crippen LogP contribution in [0.5, 0.6) is 5.75 Å². The van der Waals surface area contributed by atoms with E-state index in [0.717, 1.165) is 38.9 Å². The average molecular weight is 411 g/mol. The van der Waals surface area contributed by atoms with Gasteiger partial charge in [-0.3, -0.25) is 0 Å². The molecule has 0 radical (unpaired) electrons. The number of benzene rings is 4. The number of ether oxygens (including phenoxy) is 1. The van der Waals surface area contributed by atoms with Gasteiger partial charge in [-0.05, 0) is 45.0 Å². The quantitative estimate of drug-likeness (QED) is 0.148. The van der Waals surface area contributed by atoms with Crippen LogP contribution in [0.2, 0.25) is 0 Å². The van der Waals surface area contributed by atoms with E-state index in [-0.39, 0.29) is 5.57 Å². The Labute approximate surface area is 185 Å². The first-order chi connectivity index (χ1) is 15.8. The van der Waals surface area contributed by atoms with E-state index in [0.29, 0.717) is 17.7 Å². The predicted molar refractivity (Wildman–Crippen MR) is 124 cm³/mol. The molecular formula is C29H17NO2. The molecule has 3 heteroatoms. The Hall–Kier alpha value is -4.42. The molecule has 150 valence electrons. The third-order valence-corrected chi connectivity index (χ3v) is 6.26. The molecule has 0 aliphatic heterocycles. The first-order valence-electron chi connectivity index (χ1n) is 10.5. The Morgan fingerprint density at radius 3 is 1.91 bits per heavy atom. The number of carbonyl (C=O) groups is 1. The molecule has 6 rings (SSSR count). The van der Waals surface area contributed by atoms with Gasteiger partial charge in [0.2, 0.25) is 0 Å². The monoisotopic (exact) mass is 411 g/mol. The average Bonchev–Trinajstić information content (AvgIpc) is 3.37. The van der Waals surface area contributed by atoms with E-state index < -0.39 is 5.97 Å². The highest BCUT2D eigenvalue weighted by Crippen LogP contribution is 2.46. The van der Waals surface area contributed by atoms with Crippen molar-refractivity contribution in [2.75, 3.05) is 0 Å². The Balaban J connectivity index is 1.45. The number of carbonyl (C=O) groups excluding carboxylic acids is 1. The van der Waals surface area contributed by atoms with Crippen molar-refractivity contribution in [3.05, 3.63) is 119 Å². The molecule has 0 aromatic heterocycles. The highest BCUT2D eigenvalue weighted by Gasteiger charge is 2.30. The van der Waals surface area contributed by atoms with Gasteiger partial charge in [0.1, 0.15) is 17.4 Å². The summed E-state index contributed by atoms with van der Waals surface area (Å²) in [7, 11) is 0. The molecule has 4 aromatic carbocycles. The van der Waals surface area contributed by atoms with Gasteiger partial charge in [0.15, 0.2) is 0 Å². The summed E-state index contributed by atoms with van der Waals surface area (Å²) in [5.74, 6) is -0.116. The van der Waals surface area contributed by atoms with Gasteiger partial charge in [0.05, 0.1) is 0 Å². The summed E-state index contributed by atoms with van der Waals surface area (Å²) < 4.78 is 5.86. The number of fused-ring (bicyclic) bond motifs is 6. The topological polar surface area (TPSA) is 50.1 Å². The van der Waals surface area contributed by atoms with E-state index in [2.05, 4.69) is 18.2 Å². The molecule has 0 saturated carbocycles. The molecule has 0 heterocycles. The normalized spacial score (nSPS) is 12.3. The second-order valence-corrected chi connectivity index (χ2v) is 7.96. The zero-order valence-electron chi connectivity index (χ0n) is 17.1. The van der Waals surface area contributed by atoms with Crippen molar-refractivity contribution in [1.82, 2.24) is 0 Å². The van der Waals surface area contributed by atoms with Crippen molar-refractivity contribution in [2.24, 2.45) is 0 Å². The summed E-state index contributed by atoms with van der Waals surface area (Å²) in [5.41, 5.74) is 8.91. The van der Waals surface area contributed by atoms with Crippen molar-refractivity contribution < 1.29 is 9.53 Å². The van der Waals surface area contributed by atoms with Gasteiger partial charge < -0.3 is 4.74 Å². The van der Waals surface area contributed by atoms with Crippen LogP contribution in [-0.2, 0) is 11.2 Å². The highest BCUT2D eigenvalue weighted by molar-refractivity contribution is 6.12. The molecule has 0 unspecified atom stereocenters. The second-order valence-electron chi connectivity index (χ2n) is 7.96. The first kappa shape index (κ1) is 18.4. The van der Waals surface area contributed by atoms with Crippen molar-refractivity contribution in [2.45, 2.75) is 6.42 Å². The molecule has 3 nitrogen and oxygen atoms in total. The number of hydrogen-bond acceptors (Lipinski definition) is 3. The van der Waals surface area contributed by atoms with E-state index in [4.69, 9.17) is 4.74 Å². The van der Waals surface area contributed by atoms with Crippen LogP contribution in [0.25, 0.3) is 27.8 Å². The lowest BCUT2D eigenvalue weighted by Gasteiger charge is -2.11.